The van der Waals surface area contributed by atoms with Crippen molar-refractivity contribution in [2.75, 3.05) is 57.3 Å². The first-order valence-corrected chi connectivity index (χ1v) is 10.8. The minimum atomic E-state index is 0.263. The molecule has 2 fully saturated rings. The van der Waals surface area contributed by atoms with Crippen LogP contribution in [-0.2, 0) is 11.3 Å². The van der Waals surface area contributed by atoms with Crippen molar-refractivity contribution in [3.05, 3.63) is 23.9 Å². The van der Waals surface area contributed by atoms with Crippen LogP contribution in [-0.4, -0.2) is 74.4 Å². The lowest BCUT2D eigenvalue weighted by Gasteiger charge is -2.32. The molecule has 0 amide bonds. The number of anilines is 1. The molecule has 7 heteroatoms. The first kappa shape index (κ1) is 20.9. The first-order valence-electron chi connectivity index (χ1n) is 10.8. The number of ether oxygens (including phenoxy) is 1. The predicted octanol–water partition coefficient (Wildman–Crippen LogP) is 1.85. The number of hydrogen-bond donors (Lipinski definition) is 2. The van der Waals surface area contributed by atoms with Crippen LogP contribution in [0.15, 0.2) is 23.3 Å². The van der Waals surface area contributed by atoms with E-state index in [4.69, 9.17) is 9.73 Å². The molecule has 3 rings (SSSR count). The van der Waals surface area contributed by atoms with E-state index >= 15 is 0 Å². The molecule has 2 aliphatic heterocycles. The van der Waals surface area contributed by atoms with Gasteiger partial charge in [0.15, 0.2) is 5.96 Å². The molecule has 1 aromatic rings. The number of piperidine rings is 1. The second kappa shape index (κ2) is 11.2. The number of rotatable bonds is 7. The van der Waals surface area contributed by atoms with Crippen LogP contribution >= 0.6 is 0 Å². The Labute approximate surface area is 169 Å². The SMILES string of the molecule is CCNC(=NCc1ccc(N2CCOC(C)C2)nc1)NCCN1CCCCC1. The van der Waals surface area contributed by atoms with Gasteiger partial charge in [-0.1, -0.05) is 12.5 Å². The van der Waals surface area contributed by atoms with Crippen LogP contribution < -0.4 is 15.5 Å². The summed E-state index contributed by atoms with van der Waals surface area (Å²) in [7, 11) is 0. The van der Waals surface area contributed by atoms with Crippen LogP contribution in [0.3, 0.4) is 0 Å². The van der Waals surface area contributed by atoms with Crippen molar-refractivity contribution in [1.29, 1.82) is 0 Å². The summed E-state index contributed by atoms with van der Waals surface area (Å²) in [6, 6.07) is 4.23. The average molecular weight is 389 g/mol. The average Bonchev–Trinajstić information content (AvgIpc) is 2.73. The van der Waals surface area contributed by atoms with E-state index in [1.807, 2.05) is 6.20 Å². The van der Waals surface area contributed by atoms with Gasteiger partial charge in [0, 0.05) is 38.9 Å². The molecule has 28 heavy (non-hydrogen) atoms. The Bertz CT molecular complexity index is 599. The highest BCUT2D eigenvalue weighted by molar-refractivity contribution is 5.79. The lowest BCUT2D eigenvalue weighted by Crippen LogP contribution is -2.42. The number of pyridine rings is 1. The van der Waals surface area contributed by atoms with Crippen molar-refractivity contribution in [2.24, 2.45) is 4.99 Å². The fourth-order valence-corrected chi connectivity index (χ4v) is 3.75. The van der Waals surface area contributed by atoms with Gasteiger partial charge in [0.25, 0.3) is 0 Å². The molecule has 1 atom stereocenters. The third kappa shape index (κ3) is 6.63. The molecule has 1 aromatic heterocycles. The van der Waals surface area contributed by atoms with Crippen molar-refractivity contribution in [3.63, 3.8) is 0 Å². The Morgan fingerprint density at radius 3 is 2.79 bits per heavy atom. The zero-order valence-electron chi connectivity index (χ0n) is 17.5. The molecular formula is C21H36N6O. The molecule has 1 unspecified atom stereocenters. The van der Waals surface area contributed by atoms with Gasteiger partial charge in [0.2, 0.25) is 0 Å². The highest BCUT2D eigenvalue weighted by Crippen LogP contribution is 2.15. The van der Waals surface area contributed by atoms with Crippen molar-refractivity contribution in [1.82, 2.24) is 20.5 Å². The molecule has 156 valence electrons. The lowest BCUT2D eigenvalue weighted by atomic mass is 10.1. The molecule has 0 radical (unpaired) electrons. The molecule has 0 aromatic carbocycles. The normalized spacial score (nSPS) is 21.6. The maximum absolute atomic E-state index is 5.61. The zero-order chi connectivity index (χ0) is 19.6. The number of nitrogens with one attached hydrogen (secondary N) is 2. The van der Waals surface area contributed by atoms with Gasteiger partial charge in [0.05, 0.1) is 19.3 Å². The van der Waals surface area contributed by atoms with Crippen LogP contribution in [0.5, 0.6) is 0 Å². The van der Waals surface area contributed by atoms with E-state index in [2.05, 4.69) is 51.4 Å². The first-order chi connectivity index (χ1) is 13.7. The summed E-state index contributed by atoms with van der Waals surface area (Å²) in [6.07, 6.45) is 6.25. The highest BCUT2D eigenvalue weighted by Gasteiger charge is 2.17. The van der Waals surface area contributed by atoms with Crippen LogP contribution in [0.4, 0.5) is 5.82 Å². The number of hydrogen-bond acceptors (Lipinski definition) is 5. The van der Waals surface area contributed by atoms with E-state index in [-0.39, 0.29) is 6.10 Å². The van der Waals surface area contributed by atoms with E-state index in [0.717, 1.165) is 56.7 Å². The van der Waals surface area contributed by atoms with Gasteiger partial charge >= 0.3 is 0 Å². The van der Waals surface area contributed by atoms with E-state index in [9.17, 15) is 0 Å². The smallest absolute Gasteiger partial charge is 0.191 e. The van der Waals surface area contributed by atoms with Crippen LogP contribution in [0, 0.1) is 0 Å². The minimum Gasteiger partial charge on any atom is -0.375 e. The van der Waals surface area contributed by atoms with Crippen molar-refractivity contribution < 1.29 is 4.74 Å². The molecule has 7 nitrogen and oxygen atoms in total. The maximum atomic E-state index is 5.61. The van der Waals surface area contributed by atoms with Gasteiger partial charge in [-0.25, -0.2) is 9.98 Å². The van der Waals surface area contributed by atoms with Crippen molar-refractivity contribution in [3.8, 4) is 0 Å². The Morgan fingerprint density at radius 1 is 1.21 bits per heavy atom. The van der Waals surface area contributed by atoms with Crippen molar-refractivity contribution in [2.45, 2.75) is 45.8 Å². The van der Waals surface area contributed by atoms with E-state index in [0.29, 0.717) is 6.54 Å². The monoisotopic (exact) mass is 388 g/mol. The number of guanidine groups is 1. The van der Waals surface area contributed by atoms with Gasteiger partial charge in [0.1, 0.15) is 5.82 Å². The van der Waals surface area contributed by atoms with Crippen LogP contribution in [0.1, 0.15) is 38.7 Å². The summed E-state index contributed by atoms with van der Waals surface area (Å²) >= 11 is 0. The third-order valence-electron chi connectivity index (χ3n) is 5.31. The van der Waals surface area contributed by atoms with E-state index in [1.54, 1.807) is 0 Å². The molecular weight excluding hydrogens is 352 g/mol. The fraction of sp³-hybridized carbons (Fsp3) is 0.714. The van der Waals surface area contributed by atoms with Gasteiger partial charge in [-0.15, -0.1) is 0 Å². The molecule has 0 spiro atoms. The molecule has 0 aliphatic carbocycles. The molecule has 2 N–H and O–H groups in total. The third-order valence-corrected chi connectivity index (χ3v) is 5.31. The largest absolute Gasteiger partial charge is 0.375 e. The van der Waals surface area contributed by atoms with E-state index in [1.165, 1.54) is 32.4 Å². The van der Waals surface area contributed by atoms with Gasteiger partial charge in [-0.2, -0.15) is 0 Å². The molecule has 2 saturated heterocycles. The second-order valence-corrected chi connectivity index (χ2v) is 7.68. The number of nitrogens with zero attached hydrogens (tertiary/aromatic N) is 4. The molecule has 2 aliphatic rings. The summed E-state index contributed by atoms with van der Waals surface area (Å²) in [5.41, 5.74) is 1.12. The van der Waals surface area contributed by atoms with E-state index < -0.39 is 0 Å². The number of morpholine rings is 1. The van der Waals surface area contributed by atoms with Gasteiger partial charge < -0.3 is 25.2 Å². The summed E-state index contributed by atoms with van der Waals surface area (Å²) < 4.78 is 5.61. The fourth-order valence-electron chi connectivity index (χ4n) is 3.75. The Morgan fingerprint density at radius 2 is 2.07 bits per heavy atom. The van der Waals surface area contributed by atoms with Crippen LogP contribution in [0.25, 0.3) is 0 Å². The number of aromatic nitrogens is 1. The van der Waals surface area contributed by atoms with Crippen LogP contribution in [0.2, 0.25) is 0 Å². The number of likely N-dealkylation sites (tertiary alicyclic amines) is 1. The standard InChI is InChI=1S/C21H36N6O/c1-3-22-21(23-9-12-26-10-5-4-6-11-26)25-16-19-7-8-20(24-15-19)27-13-14-28-18(2)17-27/h7-8,15,18H,3-6,9-14,16-17H2,1-2H3,(H2,22,23,25). The lowest BCUT2D eigenvalue weighted by molar-refractivity contribution is 0.0529. The summed E-state index contributed by atoms with van der Waals surface area (Å²) in [4.78, 5) is 14.2. The Kier molecular flexibility index (Phi) is 8.36. The topological polar surface area (TPSA) is 65.0 Å². The quantitative estimate of drug-likeness (QED) is 0.549. The second-order valence-electron chi connectivity index (χ2n) is 7.68. The molecule has 0 saturated carbocycles. The zero-order valence-corrected chi connectivity index (χ0v) is 17.5. The van der Waals surface area contributed by atoms with Gasteiger partial charge in [-0.3, -0.25) is 0 Å². The Balaban J connectivity index is 1.47. The maximum Gasteiger partial charge on any atom is 0.191 e. The Hall–Kier alpha value is -1.86. The number of aliphatic imine (C=N–C) groups is 1. The summed E-state index contributed by atoms with van der Waals surface area (Å²) in [5.74, 6) is 1.90. The predicted molar refractivity (Wildman–Crippen MR) is 115 cm³/mol. The highest BCUT2D eigenvalue weighted by atomic mass is 16.5. The summed E-state index contributed by atoms with van der Waals surface area (Å²) in [6.45, 7) is 12.7. The molecule has 0 bridgehead atoms. The summed E-state index contributed by atoms with van der Waals surface area (Å²) in [5, 5.41) is 6.80. The minimum absolute atomic E-state index is 0.263. The molecule has 3 heterocycles. The van der Waals surface area contributed by atoms with Gasteiger partial charge in [-0.05, 0) is 51.4 Å². The van der Waals surface area contributed by atoms with Crippen molar-refractivity contribution >= 4 is 11.8 Å².